The molecule has 0 amide bonds. The highest BCUT2D eigenvalue weighted by atomic mass is 32.2. The summed E-state index contributed by atoms with van der Waals surface area (Å²) >= 11 is 0. The number of nitrogens with one attached hydrogen (secondary N) is 1. The summed E-state index contributed by atoms with van der Waals surface area (Å²) in [5.41, 5.74) is 0. The van der Waals surface area contributed by atoms with Crippen LogP contribution in [0.2, 0.25) is 0 Å². The fourth-order valence-corrected chi connectivity index (χ4v) is 2.08. The Labute approximate surface area is 115 Å². The summed E-state index contributed by atoms with van der Waals surface area (Å²) in [4.78, 5) is 7.57. The van der Waals surface area contributed by atoms with Crippen molar-refractivity contribution in [1.82, 2.24) is 9.97 Å². The summed E-state index contributed by atoms with van der Waals surface area (Å²) in [6.45, 7) is 0. The van der Waals surface area contributed by atoms with Crippen LogP contribution >= 0.6 is 0 Å². The molecular formula is C12H12FN3O3S. The lowest BCUT2D eigenvalue weighted by atomic mass is 10.3. The smallest absolute Gasteiger partial charge is 0.260 e. The molecule has 0 fully saturated rings. The number of nitrogens with zero attached hydrogens (tertiary/aromatic N) is 2. The van der Waals surface area contributed by atoms with Gasteiger partial charge in [-0.2, -0.15) is 9.37 Å². The van der Waals surface area contributed by atoms with Crippen LogP contribution in [0.25, 0.3) is 0 Å². The topological polar surface area (TPSA) is 81.2 Å². The molecule has 6 nitrogen and oxygen atoms in total. The quantitative estimate of drug-likeness (QED) is 0.927. The number of hydrogen-bond donors (Lipinski definition) is 1. The van der Waals surface area contributed by atoms with E-state index < -0.39 is 15.7 Å². The molecule has 0 spiro atoms. The number of aromatic nitrogens is 2. The molecule has 0 atom stereocenters. The zero-order chi connectivity index (χ0) is 14.8. The molecule has 0 unspecified atom stereocenters. The Kier molecular flexibility index (Phi) is 3.84. The molecule has 0 saturated carbocycles. The van der Waals surface area contributed by atoms with Crippen LogP contribution < -0.4 is 10.1 Å². The van der Waals surface area contributed by atoms with Crippen LogP contribution in [0.5, 0.6) is 11.6 Å². The Hall–Kier alpha value is -2.22. The van der Waals surface area contributed by atoms with Crippen molar-refractivity contribution in [2.45, 2.75) is 4.90 Å². The van der Waals surface area contributed by atoms with E-state index >= 15 is 0 Å². The minimum Gasteiger partial charge on any atom is -0.436 e. The van der Waals surface area contributed by atoms with Gasteiger partial charge in [0.05, 0.1) is 11.1 Å². The fourth-order valence-electron chi connectivity index (χ4n) is 1.42. The van der Waals surface area contributed by atoms with E-state index in [-0.39, 0.29) is 22.5 Å². The van der Waals surface area contributed by atoms with Crippen LogP contribution in [-0.2, 0) is 9.84 Å². The van der Waals surface area contributed by atoms with Gasteiger partial charge in [0.25, 0.3) is 5.88 Å². The lowest BCUT2D eigenvalue weighted by molar-refractivity contribution is 0.419. The first-order chi connectivity index (χ1) is 9.40. The first-order valence-electron chi connectivity index (χ1n) is 5.58. The molecule has 0 bridgehead atoms. The summed E-state index contributed by atoms with van der Waals surface area (Å²) in [6.07, 6.45) is 2.05. The monoisotopic (exact) mass is 297 g/mol. The third-order valence-corrected chi connectivity index (χ3v) is 3.49. The highest BCUT2D eigenvalue weighted by molar-refractivity contribution is 7.90. The highest BCUT2D eigenvalue weighted by Crippen LogP contribution is 2.25. The van der Waals surface area contributed by atoms with Gasteiger partial charge in [0.2, 0.25) is 11.8 Å². The molecule has 1 N–H and O–H groups in total. The Morgan fingerprint density at radius 3 is 2.75 bits per heavy atom. The van der Waals surface area contributed by atoms with Crippen molar-refractivity contribution in [1.29, 1.82) is 0 Å². The lowest BCUT2D eigenvalue weighted by Gasteiger charge is -2.08. The maximum atomic E-state index is 13.5. The van der Waals surface area contributed by atoms with E-state index in [2.05, 4.69) is 15.3 Å². The molecule has 1 aromatic carbocycles. The van der Waals surface area contributed by atoms with Gasteiger partial charge in [-0.3, -0.25) is 0 Å². The van der Waals surface area contributed by atoms with Crippen LogP contribution in [0.4, 0.5) is 10.3 Å². The number of hydrogen-bond acceptors (Lipinski definition) is 6. The third kappa shape index (κ3) is 3.21. The maximum absolute atomic E-state index is 13.5. The zero-order valence-electron chi connectivity index (χ0n) is 10.8. The van der Waals surface area contributed by atoms with Crippen molar-refractivity contribution < 1.29 is 17.5 Å². The average Bonchev–Trinajstić information content (AvgIpc) is 2.41. The zero-order valence-corrected chi connectivity index (χ0v) is 11.6. The molecule has 8 heteroatoms. The van der Waals surface area contributed by atoms with E-state index in [0.29, 0.717) is 0 Å². The van der Waals surface area contributed by atoms with Crippen molar-refractivity contribution in [3.8, 4) is 11.6 Å². The van der Waals surface area contributed by atoms with Crippen molar-refractivity contribution in [2.24, 2.45) is 0 Å². The number of rotatable bonds is 4. The van der Waals surface area contributed by atoms with Crippen molar-refractivity contribution >= 4 is 15.8 Å². The first kappa shape index (κ1) is 14.2. The van der Waals surface area contributed by atoms with Crippen molar-refractivity contribution in [2.75, 3.05) is 18.6 Å². The molecule has 20 heavy (non-hydrogen) atoms. The molecule has 1 aromatic heterocycles. The van der Waals surface area contributed by atoms with Gasteiger partial charge in [-0.1, -0.05) is 6.07 Å². The molecule has 0 radical (unpaired) electrons. The Morgan fingerprint density at radius 2 is 2.10 bits per heavy atom. The number of benzene rings is 1. The van der Waals surface area contributed by atoms with Gasteiger partial charge < -0.3 is 10.1 Å². The van der Waals surface area contributed by atoms with E-state index in [9.17, 15) is 12.8 Å². The molecule has 1 heterocycles. The summed E-state index contributed by atoms with van der Waals surface area (Å²) < 4.78 is 41.7. The maximum Gasteiger partial charge on any atom is 0.260 e. The van der Waals surface area contributed by atoms with Crippen LogP contribution in [0.3, 0.4) is 0 Å². The SMILES string of the molecule is CNc1ncc(F)c(Oc2cccc(S(C)(=O)=O)c2)n1. The Bertz CT molecular complexity index is 734. The summed E-state index contributed by atoms with van der Waals surface area (Å²) in [7, 11) is -1.77. The molecule has 0 aliphatic rings. The minimum absolute atomic E-state index is 0.0818. The molecule has 106 valence electrons. The van der Waals surface area contributed by atoms with E-state index in [1.165, 1.54) is 24.3 Å². The molecular weight excluding hydrogens is 285 g/mol. The molecule has 0 aliphatic carbocycles. The molecule has 2 rings (SSSR count). The van der Waals surface area contributed by atoms with Crippen molar-refractivity contribution in [3.05, 3.63) is 36.3 Å². The van der Waals surface area contributed by atoms with Gasteiger partial charge in [-0.15, -0.1) is 0 Å². The Balaban J connectivity index is 2.35. The van der Waals surface area contributed by atoms with E-state index in [0.717, 1.165) is 12.5 Å². The van der Waals surface area contributed by atoms with Gasteiger partial charge in [0.1, 0.15) is 5.75 Å². The van der Waals surface area contributed by atoms with E-state index in [1.807, 2.05) is 0 Å². The normalized spacial score (nSPS) is 11.2. The summed E-state index contributed by atoms with van der Waals surface area (Å²) in [5.74, 6) is -0.656. The molecule has 2 aromatic rings. The number of halogens is 1. The minimum atomic E-state index is -3.36. The average molecular weight is 297 g/mol. The summed E-state index contributed by atoms with van der Waals surface area (Å²) in [5, 5.41) is 2.65. The van der Waals surface area contributed by atoms with Gasteiger partial charge in [-0.25, -0.2) is 13.4 Å². The predicted octanol–water partition coefficient (Wildman–Crippen LogP) is 1.85. The van der Waals surface area contributed by atoms with Gasteiger partial charge in [0.15, 0.2) is 9.84 Å². The van der Waals surface area contributed by atoms with Crippen molar-refractivity contribution in [3.63, 3.8) is 0 Å². The second kappa shape index (κ2) is 5.41. The highest BCUT2D eigenvalue weighted by Gasteiger charge is 2.12. The van der Waals surface area contributed by atoms with E-state index in [4.69, 9.17) is 4.74 Å². The second-order valence-corrected chi connectivity index (χ2v) is 5.96. The molecule has 0 saturated heterocycles. The standard InChI is InChI=1S/C12H12FN3O3S/c1-14-12-15-7-10(13)11(16-12)19-8-4-3-5-9(6-8)20(2,17)18/h3-7H,1-2H3,(H,14,15,16). The van der Waals surface area contributed by atoms with Crippen LogP contribution in [0.15, 0.2) is 35.4 Å². The predicted molar refractivity (Wildman–Crippen MR) is 71.2 cm³/mol. The largest absolute Gasteiger partial charge is 0.436 e. The van der Waals surface area contributed by atoms with Crippen LogP contribution in [0.1, 0.15) is 0 Å². The second-order valence-electron chi connectivity index (χ2n) is 3.95. The van der Waals surface area contributed by atoms with Crippen LogP contribution in [0, 0.1) is 5.82 Å². The summed E-state index contributed by atoms with van der Waals surface area (Å²) in [6, 6.07) is 5.74. The van der Waals surface area contributed by atoms with Gasteiger partial charge >= 0.3 is 0 Å². The molecule has 0 aliphatic heterocycles. The number of sulfone groups is 1. The number of anilines is 1. The van der Waals surface area contributed by atoms with Crippen LogP contribution in [-0.4, -0.2) is 31.7 Å². The number of ether oxygens (including phenoxy) is 1. The Morgan fingerprint density at radius 1 is 1.35 bits per heavy atom. The van der Waals surface area contributed by atoms with Gasteiger partial charge in [-0.05, 0) is 18.2 Å². The third-order valence-electron chi connectivity index (χ3n) is 2.38. The van der Waals surface area contributed by atoms with E-state index in [1.54, 1.807) is 7.05 Å². The lowest BCUT2D eigenvalue weighted by Crippen LogP contribution is -2.01. The fraction of sp³-hybridized carbons (Fsp3) is 0.167. The first-order valence-corrected chi connectivity index (χ1v) is 7.47. The van der Waals surface area contributed by atoms with Gasteiger partial charge in [0, 0.05) is 13.3 Å².